The lowest BCUT2D eigenvalue weighted by Gasteiger charge is -2.42. The first kappa shape index (κ1) is 7.06. The Kier molecular flexibility index (Phi) is 1.25. The second-order valence-corrected chi connectivity index (χ2v) is 3.53. The summed E-state index contributed by atoms with van der Waals surface area (Å²) in [7, 11) is 0. The van der Waals surface area contributed by atoms with E-state index in [4.69, 9.17) is 9.84 Å². The van der Waals surface area contributed by atoms with Crippen LogP contribution < -0.4 is 5.32 Å². The van der Waals surface area contributed by atoms with E-state index in [-0.39, 0.29) is 17.7 Å². The van der Waals surface area contributed by atoms with Gasteiger partial charge in [0.25, 0.3) is 0 Å². The number of rotatable bonds is 3. The molecule has 3 rings (SSSR count). The Hall–Kier alpha value is -0.610. The van der Waals surface area contributed by atoms with Crippen molar-refractivity contribution in [2.75, 3.05) is 13.2 Å². The van der Waals surface area contributed by atoms with E-state index in [9.17, 15) is 4.79 Å². The first-order valence-electron chi connectivity index (χ1n) is 3.70. The van der Waals surface area contributed by atoms with Crippen LogP contribution in [0, 0.1) is 0 Å². The van der Waals surface area contributed by atoms with E-state index >= 15 is 0 Å². The van der Waals surface area contributed by atoms with E-state index in [2.05, 4.69) is 5.32 Å². The molecule has 0 atom stereocenters. The maximum absolute atomic E-state index is 10.2. The van der Waals surface area contributed by atoms with Crippen LogP contribution in [-0.4, -0.2) is 35.9 Å². The number of nitrogens with one attached hydrogen (secondary N) is 1. The summed E-state index contributed by atoms with van der Waals surface area (Å²) in [6, 6.07) is 0. The first-order chi connectivity index (χ1) is 5.24. The van der Waals surface area contributed by atoms with E-state index in [0.717, 1.165) is 12.8 Å². The van der Waals surface area contributed by atoms with Gasteiger partial charge >= 0.3 is 0 Å². The molecule has 2 saturated heterocycles. The van der Waals surface area contributed by atoms with E-state index in [0.29, 0.717) is 13.0 Å². The van der Waals surface area contributed by atoms with Gasteiger partial charge in [0.15, 0.2) is 0 Å². The number of ether oxygens (including phenoxy) is 1. The van der Waals surface area contributed by atoms with Crippen molar-refractivity contribution in [3.05, 3.63) is 0 Å². The lowest BCUT2D eigenvalue weighted by molar-refractivity contribution is -0.112. The molecule has 1 saturated carbocycles. The molecular formula is C7H11NO3. The predicted octanol–water partition coefficient (Wildman–Crippen LogP) is -0.974. The largest absolute Gasteiger partial charge is 0.393 e. The van der Waals surface area contributed by atoms with Gasteiger partial charge < -0.3 is 15.2 Å². The summed E-state index contributed by atoms with van der Waals surface area (Å²) in [5.74, 6) is 0. The van der Waals surface area contributed by atoms with Crippen LogP contribution in [0.15, 0.2) is 0 Å². The molecule has 2 aliphatic heterocycles. The minimum Gasteiger partial charge on any atom is -0.393 e. The van der Waals surface area contributed by atoms with Crippen LogP contribution in [0.4, 0.5) is 0 Å². The molecule has 11 heavy (non-hydrogen) atoms. The van der Waals surface area contributed by atoms with Crippen molar-refractivity contribution in [3.63, 3.8) is 0 Å². The van der Waals surface area contributed by atoms with Gasteiger partial charge in [0.05, 0.1) is 24.4 Å². The number of carbonyl (C=O) groups is 1. The highest BCUT2D eigenvalue weighted by Gasteiger charge is 2.62. The number of aliphatic hydroxyl groups excluding tert-OH is 1. The van der Waals surface area contributed by atoms with E-state index in [1.54, 1.807) is 0 Å². The molecule has 1 amide bonds. The molecule has 2 heterocycles. The molecule has 3 fully saturated rings. The minimum absolute atomic E-state index is 0.0648. The number of aliphatic hydroxyl groups is 1. The molecule has 4 nitrogen and oxygen atoms in total. The van der Waals surface area contributed by atoms with Crippen molar-refractivity contribution in [1.82, 2.24) is 5.32 Å². The van der Waals surface area contributed by atoms with Gasteiger partial charge in [0.1, 0.15) is 0 Å². The summed E-state index contributed by atoms with van der Waals surface area (Å²) in [4.78, 5) is 10.2. The molecule has 0 aromatic rings. The lowest BCUT2D eigenvalue weighted by atomic mass is 9.69. The highest BCUT2D eigenvalue weighted by atomic mass is 16.5. The fourth-order valence-electron chi connectivity index (χ4n) is 2.10. The zero-order valence-electron chi connectivity index (χ0n) is 6.17. The van der Waals surface area contributed by atoms with Crippen LogP contribution in [0.25, 0.3) is 0 Å². The van der Waals surface area contributed by atoms with Gasteiger partial charge in [-0.15, -0.1) is 0 Å². The zero-order chi connectivity index (χ0) is 7.95. The van der Waals surface area contributed by atoms with E-state index in [1.165, 1.54) is 0 Å². The van der Waals surface area contributed by atoms with Crippen LogP contribution in [0.5, 0.6) is 0 Å². The van der Waals surface area contributed by atoms with Crippen molar-refractivity contribution in [2.45, 2.75) is 24.0 Å². The fourth-order valence-corrected chi connectivity index (χ4v) is 2.10. The fraction of sp³-hybridized carbons (Fsp3) is 0.857. The number of hydrogen-bond donors (Lipinski definition) is 2. The molecule has 0 aromatic heterocycles. The Morgan fingerprint density at radius 1 is 1.64 bits per heavy atom. The van der Waals surface area contributed by atoms with Gasteiger partial charge in [-0.2, -0.15) is 0 Å². The third-order valence-corrected chi connectivity index (χ3v) is 2.63. The van der Waals surface area contributed by atoms with Crippen molar-refractivity contribution in [1.29, 1.82) is 0 Å². The summed E-state index contributed by atoms with van der Waals surface area (Å²) in [6.07, 6.45) is 2.22. The second-order valence-electron chi connectivity index (χ2n) is 3.53. The maximum atomic E-state index is 10.2. The molecule has 0 aromatic carbocycles. The van der Waals surface area contributed by atoms with Crippen LogP contribution in [0.3, 0.4) is 0 Å². The molecule has 62 valence electrons. The highest BCUT2D eigenvalue weighted by Crippen LogP contribution is 2.50. The summed E-state index contributed by atoms with van der Waals surface area (Å²) < 4.78 is 5.35. The topological polar surface area (TPSA) is 58.6 Å². The quantitative estimate of drug-likeness (QED) is 0.518. The third kappa shape index (κ3) is 0.795. The Bertz CT molecular complexity index is 186. The lowest BCUT2D eigenvalue weighted by Crippen LogP contribution is -2.58. The Morgan fingerprint density at radius 3 is 2.82 bits per heavy atom. The molecule has 0 radical (unpaired) electrons. The van der Waals surface area contributed by atoms with E-state index < -0.39 is 0 Å². The van der Waals surface area contributed by atoms with Gasteiger partial charge in [-0.1, -0.05) is 0 Å². The summed E-state index contributed by atoms with van der Waals surface area (Å²) in [5.41, 5.74) is -0.472. The van der Waals surface area contributed by atoms with Gasteiger partial charge in [0.2, 0.25) is 6.41 Å². The van der Waals surface area contributed by atoms with Crippen molar-refractivity contribution >= 4 is 6.41 Å². The first-order valence-corrected chi connectivity index (χ1v) is 3.70. The summed E-state index contributed by atoms with van der Waals surface area (Å²) in [6.45, 7) is 0.613. The molecule has 2 N–H and O–H groups in total. The predicted molar refractivity (Wildman–Crippen MR) is 36.9 cm³/mol. The van der Waals surface area contributed by atoms with Crippen LogP contribution in [0.1, 0.15) is 12.8 Å². The number of amides is 1. The molecule has 1 aliphatic carbocycles. The van der Waals surface area contributed by atoms with Gasteiger partial charge in [-0.05, 0) is 0 Å². The Balaban J connectivity index is 2.02. The molecule has 3 aliphatic rings. The van der Waals surface area contributed by atoms with Gasteiger partial charge in [-0.3, -0.25) is 4.79 Å². The summed E-state index contributed by atoms with van der Waals surface area (Å²) in [5, 5.41) is 11.6. The number of hydrogen-bond acceptors (Lipinski definition) is 3. The number of carbonyl (C=O) groups excluding carboxylic acids is 1. The average molecular weight is 157 g/mol. The normalized spacial score (nSPS) is 46.6. The smallest absolute Gasteiger partial charge is 0.207 e. The zero-order valence-corrected chi connectivity index (χ0v) is 6.17. The molecule has 2 bridgehead atoms. The van der Waals surface area contributed by atoms with Crippen molar-refractivity contribution in [2.24, 2.45) is 0 Å². The Labute approximate surface area is 64.5 Å². The van der Waals surface area contributed by atoms with Crippen LogP contribution >= 0.6 is 0 Å². The SMILES string of the molecule is O=CNC12COC(CO)(C1)C2. The number of fused-ring (bicyclic) bond motifs is 1. The highest BCUT2D eigenvalue weighted by molar-refractivity contribution is 5.49. The molecular weight excluding hydrogens is 146 g/mol. The molecule has 0 spiro atoms. The van der Waals surface area contributed by atoms with Crippen molar-refractivity contribution < 1.29 is 14.6 Å². The standard InChI is InChI=1S/C7H11NO3/c9-3-7-1-6(2-7,4-11-7)8-5-10/h5,9H,1-4H2,(H,8,10). The minimum atomic E-state index is -0.323. The monoisotopic (exact) mass is 157 g/mol. The second kappa shape index (κ2) is 1.95. The average Bonchev–Trinajstić information content (AvgIpc) is 2.43. The van der Waals surface area contributed by atoms with Crippen LogP contribution in [0.2, 0.25) is 0 Å². The van der Waals surface area contributed by atoms with Gasteiger partial charge in [0, 0.05) is 12.8 Å². The van der Waals surface area contributed by atoms with Gasteiger partial charge in [-0.25, -0.2) is 0 Å². The van der Waals surface area contributed by atoms with E-state index in [1.807, 2.05) is 0 Å². The Morgan fingerprint density at radius 2 is 2.36 bits per heavy atom. The molecule has 4 heteroatoms. The van der Waals surface area contributed by atoms with Crippen molar-refractivity contribution in [3.8, 4) is 0 Å². The summed E-state index contributed by atoms with van der Waals surface area (Å²) >= 11 is 0. The molecule has 0 unspecified atom stereocenters. The maximum Gasteiger partial charge on any atom is 0.207 e. The van der Waals surface area contributed by atoms with Crippen LogP contribution in [-0.2, 0) is 9.53 Å². The third-order valence-electron chi connectivity index (χ3n) is 2.63.